The number of anilines is 1. The number of nitro benzene ring substituents is 1. The SMILES string of the molecule is Cc1ccc(NC(=O)CSc2nnc(-c3cccnc3)n2-c2ccccc2)cc1[N+](=O)[O-]. The molecule has 0 saturated carbocycles. The molecule has 1 amide bonds. The minimum atomic E-state index is -0.470. The number of benzene rings is 2. The average Bonchev–Trinajstić information content (AvgIpc) is 3.24. The molecule has 0 spiro atoms. The van der Waals surface area contributed by atoms with Crippen LogP contribution in [-0.2, 0) is 4.79 Å². The summed E-state index contributed by atoms with van der Waals surface area (Å²) in [5, 5.41) is 23.0. The number of nitro groups is 1. The first-order valence-corrected chi connectivity index (χ1v) is 10.6. The van der Waals surface area contributed by atoms with Crippen LogP contribution in [0.1, 0.15) is 5.56 Å². The number of aryl methyl sites for hydroxylation is 1. The van der Waals surface area contributed by atoms with Gasteiger partial charge in [0.15, 0.2) is 11.0 Å². The Morgan fingerprint density at radius 3 is 2.66 bits per heavy atom. The summed E-state index contributed by atoms with van der Waals surface area (Å²) in [7, 11) is 0. The van der Waals surface area contributed by atoms with Crippen molar-refractivity contribution < 1.29 is 9.72 Å². The molecule has 32 heavy (non-hydrogen) atoms. The molecule has 0 aliphatic carbocycles. The van der Waals surface area contributed by atoms with Crippen LogP contribution in [0.4, 0.5) is 11.4 Å². The maximum absolute atomic E-state index is 12.5. The Morgan fingerprint density at radius 2 is 1.94 bits per heavy atom. The third kappa shape index (κ3) is 4.65. The zero-order valence-corrected chi connectivity index (χ0v) is 17.8. The van der Waals surface area contributed by atoms with E-state index in [9.17, 15) is 14.9 Å². The third-order valence-electron chi connectivity index (χ3n) is 4.59. The number of para-hydroxylation sites is 1. The number of amides is 1. The number of carbonyl (C=O) groups is 1. The third-order valence-corrected chi connectivity index (χ3v) is 5.52. The smallest absolute Gasteiger partial charge is 0.274 e. The van der Waals surface area contributed by atoms with Crippen LogP contribution in [0.2, 0.25) is 0 Å². The molecule has 10 heteroatoms. The molecule has 0 saturated heterocycles. The maximum Gasteiger partial charge on any atom is 0.274 e. The van der Waals surface area contributed by atoms with E-state index in [1.165, 1.54) is 17.8 Å². The van der Waals surface area contributed by atoms with E-state index in [1.807, 2.05) is 47.0 Å². The zero-order chi connectivity index (χ0) is 22.5. The van der Waals surface area contributed by atoms with Crippen molar-refractivity contribution in [1.82, 2.24) is 19.7 Å². The molecule has 2 heterocycles. The Balaban J connectivity index is 1.55. The van der Waals surface area contributed by atoms with Gasteiger partial charge in [0.25, 0.3) is 5.69 Å². The van der Waals surface area contributed by atoms with Gasteiger partial charge in [-0.25, -0.2) is 0 Å². The fourth-order valence-corrected chi connectivity index (χ4v) is 3.82. The standard InChI is InChI=1S/C22H18N6O3S/c1-15-9-10-17(12-19(15)28(30)31)24-20(29)14-32-22-26-25-21(16-6-5-11-23-13-16)27(22)18-7-3-2-4-8-18/h2-13H,14H2,1H3,(H,24,29). The number of nitrogens with zero attached hydrogens (tertiary/aromatic N) is 5. The lowest BCUT2D eigenvalue weighted by Gasteiger charge is -2.10. The summed E-state index contributed by atoms with van der Waals surface area (Å²) in [6.07, 6.45) is 3.39. The van der Waals surface area contributed by atoms with Crippen molar-refractivity contribution in [3.8, 4) is 17.1 Å². The predicted molar refractivity (Wildman–Crippen MR) is 122 cm³/mol. The summed E-state index contributed by atoms with van der Waals surface area (Å²) < 4.78 is 1.87. The molecule has 2 aromatic carbocycles. The Labute approximate surface area is 187 Å². The number of thioether (sulfide) groups is 1. The minimum Gasteiger partial charge on any atom is -0.325 e. The first-order chi connectivity index (χ1) is 15.5. The molecule has 0 aliphatic rings. The summed E-state index contributed by atoms with van der Waals surface area (Å²) in [4.78, 5) is 27.3. The second kappa shape index (κ2) is 9.40. The van der Waals surface area contributed by atoms with Crippen LogP contribution >= 0.6 is 11.8 Å². The monoisotopic (exact) mass is 446 g/mol. The second-order valence-electron chi connectivity index (χ2n) is 6.81. The topological polar surface area (TPSA) is 116 Å². The number of hydrogen-bond acceptors (Lipinski definition) is 7. The highest BCUT2D eigenvalue weighted by atomic mass is 32.2. The van der Waals surface area contributed by atoms with Gasteiger partial charge in [0.2, 0.25) is 5.91 Å². The van der Waals surface area contributed by atoms with Crippen LogP contribution in [0.3, 0.4) is 0 Å². The molecule has 160 valence electrons. The summed E-state index contributed by atoms with van der Waals surface area (Å²) >= 11 is 1.22. The molecule has 0 fully saturated rings. The number of rotatable bonds is 7. The quantitative estimate of drug-likeness (QED) is 0.256. The van der Waals surface area contributed by atoms with Gasteiger partial charge in [0, 0.05) is 41.0 Å². The van der Waals surface area contributed by atoms with Crippen LogP contribution in [0, 0.1) is 17.0 Å². The first-order valence-electron chi connectivity index (χ1n) is 9.62. The molecule has 0 radical (unpaired) electrons. The lowest BCUT2D eigenvalue weighted by molar-refractivity contribution is -0.385. The Kier molecular flexibility index (Phi) is 6.22. The maximum atomic E-state index is 12.5. The van der Waals surface area contributed by atoms with Crippen molar-refractivity contribution in [2.24, 2.45) is 0 Å². The molecule has 0 bridgehead atoms. The molecule has 0 aliphatic heterocycles. The largest absolute Gasteiger partial charge is 0.325 e. The average molecular weight is 446 g/mol. The first kappa shape index (κ1) is 21.2. The summed E-state index contributed by atoms with van der Waals surface area (Å²) in [6.45, 7) is 1.65. The number of nitrogens with one attached hydrogen (secondary N) is 1. The van der Waals surface area contributed by atoms with Crippen molar-refractivity contribution in [1.29, 1.82) is 0 Å². The highest BCUT2D eigenvalue weighted by Crippen LogP contribution is 2.28. The van der Waals surface area contributed by atoms with E-state index in [0.29, 0.717) is 22.2 Å². The van der Waals surface area contributed by atoms with E-state index >= 15 is 0 Å². The summed E-state index contributed by atoms with van der Waals surface area (Å²) in [6, 6.07) is 17.9. The van der Waals surface area contributed by atoms with Crippen LogP contribution in [-0.4, -0.2) is 36.3 Å². The van der Waals surface area contributed by atoms with Crippen molar-refractivity contribution in [3.05, 3.63) is 88.7 Å². The minimum absolute atomic E-state index is 0.0413. The van der Waals surface area contributed by atoms with E-state index < -0.39 is 4.92 Å². The highest BCUT2D eigenvalue weighted by Gasteiger charge is 2.18. The van der Waals surface area contributed by atoms with E-state index in [4.69, 9.17) is 0 Å². The van der Waals surface area contributed by atoms with Gasteiger partial charge in [-0.2, -0.15) is 0 Å². The second-order valence-corrected chi connectivity index (χ2v) is 7.76. The lowest BCUT2D eigenvalue weighted by atomic mass is 10.2. The zero-order valence-electron chi connectivity index (χ0n) is 17.0. The number of aromatic nitrogens is 4. The highest BCUT2D eigenvalue weighted by molar-refractivity contribution is 7.99. The van der Waals surface area contributed by atoms with Crippen LogP contribution in [0.15, 0.2) is 78.2 Å². The fourth-order valence-electron chi connectivity index (χ4n) is 3.07. The molecular weight excluding hydrogens is 428 g/mol. The molecule has 0 unspecified atom stereocenters. The van der Waals surface area contributed by atoms with Crippen LogP contribution in [0.25, 0.3) is 17.1 Å². The molecule has 4 rings (SSSR count). The lowest BCUT2D eigenvalue weighted by Crippen LogP contribution is -2.14. The van der Waals surface area contributed by atoms with Gasteiger partial charge in [-0.15, -0.1) is 10.2 Å². The van der Waals surface area contributed by atoms with E-state index in [-0.39, 0.29) is 17.3 Å². The number of hydrogen-bond donors (Lipinski definition) is 1. The normalized spacial score (nSPS) is 10.7. The fraction of sp³-hybridized carbons (Fsp3) is 0.0909. The van der Waals surface area contributed by atoms with Crippen molar-refractivity contribution in [2.75, 3.05) is 11.1 Å². The van der Waals surface area contributed by atoms with Crippen LogP contribution < -0.4 is 5.32 Å². The molecular formula is C22H18N6O3S. The van der Waals surface area contributed by atoms with Gasteiger partial charge in [-0.3, -0.25) is 24.5 Å². The van der Waals surface area contributed by atoms with Gasteiger partial charge in [0.1, 0.15) is 0 Å². The van der Waals surface area contributed by atoms with E-state index in [2.05, 4.69) is 20.5 Å². The molecule has 4 aromatic rings. The van der Waals surface area contributed by atoms with Crippen molar-refractivity contribution >= 4 is 29.0 Å². The molecule has 0 atom stereocenters. The van der Waals surface area contributed by atoms with Gasteiger partial charge in [0.05, 0.1) is 10.7 Å². The van der Waals surface area contributed by atoms with Gasteiger partial charge in [-0.1, -0.05) is 36.0 Å². The van der Waals surface area contributed by atoms with E-state index in [1.54, 1.807) is 31.5 Å². The molecule has 2 aromatic heterocycles. The predicted octanol–water partition coefficient (Wildman–Crippen LogP) is 4.28. The van der Waals surface area contributed by atoms with Gasteiger partial charge >= 0.3 is 0 Å². The number of carbonyl (C=O) groups excluding carboxylic acids is 1. The van der Waals surface area contributed by atoms with Gasteiger partial charge < -0.3 is 5.32 Å². The Bertz CT molecular complexity index is 1260. The molecule has 1 N–H and O–H groups in total. The van der Waals surface area contributed by atoms with Gasteiger partial charge in [-0.05, 0) is 37.3 Å². The Morgan fingerprint density at radius 1 is 1.12 bits per heavy atom. The van der Waals surface area contributed by atoms with Crippen molar-refractivity contribution in [2.45, 2.75) is 12.1 Å². The Hall–Kier alpha value is -4.05. The summed E-state index contributed by atoms with van der Waals surface area (Å²) in [5.74, 6) is 0.361. The van der Waals surface area contributed by atoms with E-state index in [0.717, 1.165) is 11.3 Å². The van der Waals surface area contributed by atoms with Crippen molar-refractivity contribution in [3.63, 3.8) is 0 Å². The molecule has 9 nitrogen and oxygen atoms in total. The number of pyridine rings is 1. The summed E-state index contributed by atoms with van der Waals surface area (Å²) in [5.41, 5.74) is 2.51. The van der Waals surface area contributed by atoms with Crippen LogP contribution in [0.5, 0.6) is 0 Å².